The Kier molecular flexibility index (Phi) is 5.57. The number of ether oxygens (including phenoxy) is 4. The van der Waals surface area contributed by atoms with E-state index in [1.54, 1.807) is 12.1 Å². The van der Waals surface area contributed by atoms with Crippen LogP contribution in [0.3, 0.4) is 0 Å². The molecule has 0 aliphatic heterocycles. The first kappa shape index (κ1) is 15.2. The standard InChI is InChI=1S/C12H15ClO6/c1-16-9-4-7(19-6-8(13)12(14)15)5-10(17-2)11(9)18-3/h4-5,8H,6H2,1-3H3,(H,14,15). The summed E-state index contributed by atoms with van der Waals surface area (Å²) in [5.74, 6) is 0.491. The van der Waals surface area contributed by atoms with Crippen molar-refractivity contribution in [2.45, 2.75) is 5.38 Å². The largest absolute Gasteiger partial charge is 0.493 e. The van der Waals surface area contributed by atoms with Gasteiger partial charge in [-0.2, -0.15) is 0 Å². The van der Waals surface area contributed by atoms with Crippen molar-refractivity contribution in [2.75, 3.05) is 27.9 Å². The van der Waals surface area contributed by atoms with Crippen LogP contribution >= 0.6 is 11.6 Å². The predicted molar refractivity (Wildman–Crippen MR) is 68.9 cm³/mol. The van der Waals surface area contributed by atoms with E-state index in [0.29, 0.717) is 23.0 Å². The Hall–Kier alpha value is -1.82. The molecule has 0 aliphatic rings. The monoisotopic (exact) mass is 290 g/mol. The Labute approximate surface area is 115 Å². The van der Waals surface area contributed by atoms with E-state index in [4.69, 9.17) is 35.7 Å². The number of benzene rings is 1. The number of alkyl halides is 1. The zero-order valence-electron chi connectivity index (χ0n) is 10.8. The summed E-state index contributed by atoms with van der Waals surface area (Å²) in [5, 5.41) is 7.54. The number of halogens is 1. The highest BCUT2D eigenvalue weighted by atomic mass is 35.5. The molecule has 1 aromatic carbocycles. The summed E-state index contributed by atoms with van der Waals surface area (Å²) in [5.41, 5.74) is 0. The van der Waals surface area contributed by atoms with Crippen molar-refractivity contribution < 1.29 is 28.8 Å². The minimum atomic E-state index is -1.14. The van der Waals surface area contributed by atoms with Crippen molar-refractivity contribution in [3.05, 3.63) is 12.1 Å². The quantitative estimate of drug-likeness (QED) is 0.772. The van der Waals surface area contributed by atoms with Crippen molar-refractivity contribution >= 4 is 17.6 Å². The summed E-state index contributed by atoms with van der Waals surface area (Å²) < 4.78 is 20.7. The molecule has 0 saturated heterocycles. The number of aliphatic carboxylic acids is 1. The molecule has 0 heterocycles. The first-order valence-corrected chi connectivity index (χ1v) is 5.76. The van der Waals surface area contributed by atoms with Crippen LogP contribution in [-0.4, -0.2) is 44.4 Å². The number of carboxylic acid groups (broad SMARTS) is 1. The molecule has 1 unspecified atom stereocenters. The van der Waals surface area contributed by atoms with Gasteiger partial charge in [-0.25, -0.2) is 0 Å². The average molecular weight is 291 g/mol. The van der Waals surface area contributed by atoms with Crippen LogP contribution in [0.25, 0.3) is 0 Å². The Morgan fingerprint density at radius 2 is 1.74 bits per heavy atom. The van der Waals surface area contributed by atoms with E-state index in [2.05, 4.69) is 0 Å². The molecule has 7 heteroatoms. The molecule has 0 radical (unpaired) electrons. The minimum absolute atomic E-state index is 0.171. The number of hydrogen-bond donors (Lipinski definition) is 1. The fourth-order valence-corrected chi connectivity index (χ4v) is 1.44. The third-order valence-electron chi connectivity index (χ3n) is 2.30. The van der Waals surface area contributed by atoms with E-state index in [0.717, 1.165) is 0 Å². The summed E-state index contributed by atoms with van der Waals surface area (Å²) in [6.07, 6.45) is 0. The smallest absolute Gasteiger partial charge is 0.325 e. The summed E-state index contributed by atoms with van der Waals surface area (Å²) in [4.78, 5) is 10.6. The summed E-state index contributed by atoms with van der Waals surface area (Å²) in [6.45, 7) is -0.171. The molecule has 0 bridgehead atoms. The van der Waals surface area contributed by atoms with E-state index >= 15 is 0 Å². The first-order valence-electron chi connectivity index (χ1n) is 5.33. The van der Waals surface area contributed by atoms with Gasteiger partial charge in [0.2, 0.25) is 5.75 Å². The molecule has 1 atom stereocenters. The van der Waals surface area contributed by atoms with E-state index in [1.165, 1.54) is 21.3 Å². The molecule has 0 amide bonds. The molecule has 1 N–H and O–H groups in total. The van der Waals surface area contributed by atoms with Crippen molar-refractivity contribution in [1.82, 2.24) is 0 Å². The van der Waals surface area contributed by atoms with Gasteiger partial charge in [-0.05, 0) is 0 Å². The van der Waals surface area contributed by atoms with Gasteiger partial charge in [0.15, 0.2) is 16.9 Å². The van der Waals surface area contributed by atoms with Crippen LogP contribution in [-0.2, 0) is 4.79 Å². The van der Waals surface area contributed by atoms with Crippen molar-refractivity contribution in [1.29, 1.82) is 0 Å². The molecule has 1 aromatic rings. The number of rotatable bonds is 7. The maximum absolute atomic E-state index is 10.6. The van der Waals surface area contributed by atoms with Crippen LogP contribution in [0.2, 0.25) is 0 Å². The molecule has 19 heavy (non-hydrogen) atoms. The SMILES string of the molecule is COc1cc(OCC(Cl)C(=O)O)cc(OC)c1OC. The van der Waals surface area contributed by atoms with E-state index < -0.39 is 11.3 Å². The van der Waals surface area contributed by atoms with Crippen molar-refractivity contribution in [3.63, 3.8) is 0 Å². The zero-order chi connectivity index (χ0) is 14.4. The van der Waals surface area contributed by atoms with Gasteiger partial charge in [-0.15, -0.1) is 11.6 Å². The fourth-order valence-electron chi connectivity index (χ4n) is 1.38. The highest BCUT2D eigenvalue weighted by Crippen LogP contribution is 2.40. The molecule has 6 nitrogen and oxygen atoms in total. The summed E-state index contributed by atoms with van der Waals surface area (Å²) >= 11 is 5.56. The Morgan fingerprint density at radius 1 is 1.21 bits per heavy atom. The van der Waals surface area contributed by atoms with Crippen LogP contribution in [0.15, 0.2) is 12.1 Å². The molecule has 106 valence electrons. The maximum atomic E-state index is 10.6. The molecule has 0 fully saturated rings. The number of hydrogen-bond acceptors (Lipinski definition) is 5. The maximum Gasteiger partial charge on any atom is 0.325 e. The Balaban J connectivity index is 2.93. The third kappa shape index (κ3) is 3.82. The molecular weight excluding hydrogens is 276 g/mol. The molecule has 0 saturated carbocycles. The Bertz CT molecular complexity index is 423. The van der Waals surface area contributed by atoms with Crippen molar-refractivity contribution in [2.24, 2.45) is 0 Å². The fraction of sp³-hybridized carbons (Fsp3) is 0.417. The molecule has 1 rings (SSSR count). The summed E-state index contributed by atoms with van der Waals surface area (Å²) in [7, 11) is 4.44. The lowest BCUT2D eigenvalue weighted by molar-refractivity contribution is -0.137. The van der Waals surface area contributed by atoms with Gasteiger partial charge in [-0.3, -0.25) is 4.79 Å². The van der Waals surface area contributed by atoms with E-state index in [1.807, 2.05) is 0 Å². The minimum Gasteiger partial charge on any atom is -0.493 e. The number of carboxylic acids is 1. The lowest BCUT2D eigenvalue weighted by Crippen LogP contribution is -2.21. The zero-order valence-corrected chi connectivity index (χ0v) is 11.6. The van der Waals surface area contributed by atoms with Gasteiger partial charge in [-0.1, -0.05) is 0 Å². The van der Waals surface area contributed by atoms with Crippen molar-refractivity contribution in [3.8, 4) is 23.0 Å². The van der Waals surface area contributed by atoms with Gasteiger partial charge >= 0.3 is 5.97 Å². The van der Waals surface area contributed by atoms with Crippen LogP contribution < -0.4 is 18.9 Å². The normalized spacial score (nSPS) is 11.6. The molecule has 0 spiro atoms. The van der Waals surface area contributed by atoms with E-state index in [9.17, 15) is 4.79 Å². The molecular formula is C12H15ClO6. The number of carbonyl (C=O) groups is 1. The first-order chi connectivity index (χ1) is 9.03. The van der Waals surface area contributed by atoms with Crippen LogP contribution in [0.4, 0.5) is 0 Å². The molecule has 0 aromatic heterocycles. The van der Waals surface area contributed by atoms with Gasteiger partial charge in [0.05, 0.1) is 21.3 Å². The second kappa shape index (κ2) is 6.94. The van der Waals surface area contributed by atoms with Gasteiger partial charge in [0, 0.05) is 12.1 Å². The molecule has 0 aliphatic carbocycles. The Morgan fingerprint density at radius 3 is 2.11 bits per heavy atom. The van der Waals surface area contributed by atoms with E-state index in [-0.39, 0.29) is 6.61 Å². The lowest BCUT2D eigenvalue weighted by atomic mass is 10.2. The number of methoxy groups -OCH3 is 3. The van der Waals surface area contributed by atoms with Crippen LogP contribution in [0.1, 0.15) is 0 Å². The second-order valence-electron chi connectivity index (χ2n) is 3.48. The lowest BCUT2D eigenvalue weighted by Gasteiger charge is -2.15. The van der Waals surface area contributed by atoms with Crippen LogP contribution in [0.5, 0.6) is 23.0 Å². The average Bonchev–Trinajstić information content (AvgIpc) is 2.42. The summed E-state index contributed by atoms with van der Waals surface area (Å²) in [6, 6.07) is 3.12. The highest BCUT2D eigenvalue weighted by molar-refractivity contribution is 6.29. The van der Waals surface area contributed by atoms with Gasteiger partial charge in [0.25, 0.3) is 0 Å². The third-order valence-corrected chi connectivity index (χ3v) is 2.62. The second-order valence-corrected chi connectivity index (χ2v) is 4.00. The topological polar surface area (TPSA) is 74.2 Å². The highest BCUT2D eigenvalue weighted by Gasteiger charge is 2.17. The predicted octanol–water partition coefficient (Wildman–Crippen LogP) is 1.78. The van der Waals surface area contributed by atoms with Gasteiger partial charge < -0.3 is 24.1 Å². The van der Waals surface area contributed by atoms with Crippen LogP contribution in [0, 0.1) is 0 Å². The van der Waals surface area contributed by atoms with Gasteiger partial charge in [0.1, 0.15) is 12.4 Å².